The van der Waals surface area contributed by atoms with Gasteiger partial charge in [0.05, 0.1) is 19.3 Å². The summed E-state index contributed by atoms with van der Waals surface area (Å²) in [5.74, 6) is 1.12. The fraction of sp³-hybridized carbons (Fsp3) is 0.455. The van der Waals surface area contributed by atoms with E-state index in [-0.39, 0.29) is 12.6 Å². The molecule has 0 aliphatic heterocycles. The molecule has 9 nitrogen and oxygen atoms in total. The van der Waals surface area contributed by atoms with E-state index in [0.717, 1.165) is 0 Å². The average Bonchev–Trinajstić information content (AvgIpc) is 3.00. The molecule has 0 aliphatic rings. The number of anilines is 2. The number of hydrogen-bond donors (Lipinski definition) is 3. The highest BCUT2D eigenvalue weighted by atomic mass is 16.5. The second-order valence-electron chi connectivity index (χ2n) is 3.96. The van der Waals surface area contributed by atoms with Gasteiger partial charge in [-0.25, -0.2) is 4.68 Å². The fourth-order valence-electron chi connectivity index (χ4n) is 1.55. The molecule has 3 N–H and O–H groups in total. The van der Waals surface area contributed by atoms with Gasteiger partial charge in [0.15, 0.2) is 0 Å². The van der Waals surface area contributed by atoms with Crippen LogP contribution >= 0.6 is 0 Å². The van der Waals surface area contributed by atoms with Gasteiger partial charge < -0.3 is 20.5 Å². The van der Waals surface area contributed by atoms with E-state index in [4.69, 9.17) is 4.74 Å². The molecule has 0 radical (unpaired) electrons. The molecule has 1 unspecified atom stereocenters. The predicted molar refractivity (Wildman–Crippen MR) is 72.9 cm³/mol. The number of nitrogens with one attached hydrogen (secondary N) is 2. The minimum Gasteiger partial charge on any atom is -0.394 e. The molecule has 9 heteroatoms. The lowest BCUT2D eigenvalue weighted by Gasteiger charge is -2.15. The molecule has 0 aliphatic carbocycles. The number of rotatable bonds is 7. The van der Waals surface area contributed by atoms with Crippen LogP contribution in [-0.4, -0.2) is 63.3 Å². The number of methoxy groups -OCH3 is 1. The number of aliphatic hydroxyl groups excluding tert-OH is 1. The summed E-state index contributed by atoms with van der Waals surface area (Å²) in [6, 6.07) is 1.48. The molecule has 2 rings (SSSR count). The van der Waals surface area contributed by atoms with Crippen molar-refractivity contribution in [2.24, 2.45) is 0 Å². The second-order valence-corrected chi connectivity index (χ2v) is 3.96. The molecule has 0 aromatic carbocycles. The quantitative estimate of drug-likeness (QED) is 0.623. The van der Waals surface area contributed by atoms with Gasteiger partial charge >= 0.3 is 0 Å². The molecular weight excluding hydrogens is 262 g/mol. The summed E-state index contributed by atoms with van der Waals surface area (Å²) in [7, 11) is 3.27. The van der Waals surface area contributed by atoms with Gasteiger partial charge in [-0.2, -0.15) is 20.1 Å². The second kappa shape index (κ2) is 6.78. The van der Waals surface area contributed by atoms with Gasteiger partial charge in [0, 0.05) is 26.6 Å². The highest BCUT2D eigenvalue weighted by Crippen LogP contribution is 2.09. The van der Waals surface area contributed by atoms with E-state index >= 15 is 0 Å². The number of aromatic nitrogens is 5. The van der Waals surface area contributed by atoms with Crippen molar-refractivity contribution in [2.75, 3.05) is 38.0 Å². The minimum absolute atomic E-state index is 0.0918. The summed E-state index contributed by atoms with van der Waals surface area (Å²) in [6.45, 7) is 0.250. The van der Waals surface area contributed by atoms with Crippen molar-refractivity contribution in [3.05, 3.63) is 18.5 Å². The lowest BCUT2D eigenvalue weighted by atomic mass is 10.3. The van der Waals surface area contributed by atoms with Crippen LogP contribution in [0.2, 0.25) is 0 Å². The van der Waals surface area contributed by atoms with Crippen molar-refractivity contribution in [1.29, 1.82) is 0 Å². The van der Waals surface area contributed by atoms with Gasteiger partial charge in [-0.15, -0.1) is 0 Å². The first kappa shape index (κ1) is 14.2. The van der Waals surface area contributed by atoms with Crippen molar-refractivity contribution in [3.63, 3.8) is 0 Å². The van der Waals surface area contributed by atoms with Gasteiger partial charge in [-0.05, 0) is 6.07 Å². The maximum absolute atomic E-state index is 9.25. The van der Waals surface area contributed by atoms with E-state index in [9.17, 15) is 5.11 Å². The Labute approximate surface area is 116 Å². The molecule has 2 aromatic rings. The Morgan fingerprint density at radius 2 is 2.15 bits per heavy atom. The Kier molecular flexibility index (Phi) is 4.80. The van der Waals surface area contributed by atoms with E-state index in [1.807, 2.05) is 0 Å². The van der Waals surface area contributed by atoms with E-state index in [2.05, 4.69) is 30.7 Å². The van der Waals surface area contributed by atoms with Crippen molar-refractivity contribution in [3.8, 4) is 5.95 Å². The first-order valence-electron chi connectivity index (χ1n) is 6.07. The normalized spacial score (nSPS) is 12.2. The Morgan fingerprint density at radius 1 is 1.35 bits per heavy atom. The van der Waals surface area contributed by atoms with Gasteiger partial charge in [-0.1, -0.05) is 0 Å². The number of nitrogens with zero attached hydrogens (tertiary/aromatic N) is 5. The molecule has 108 valence electrons. The zero-order chi connectivity index (χ0) is 14.4. The van der Waals surface area contributed by atoms with E-state index in [1.54, 1.807) is 32.6 Å². The van der Waals surface area contributed by atoms with E-state index < -0.39 is 0 Å². The predicted octanol–water partition coefficient (Wildman–Crippen LogP) is -0.482. The maximum Gasteiger partial charge on any atom is 0.257 e. The van der Waals surface area contributed by atoms with E-state index in [0.29, 0.717) is 24.5 Å². The monoisotopic (exact) mass is 279 g/mol. The first-order chi connectivity index (χ1) is 9.76. The largest absolute Gasteiger partial charge is 0.394 e. The zero-order valence-electron chi connectivity index (χ0n) is 11.3. The molecule has 0 saturated heterocycles. The first-order valence-corrected chi connectivity index (χ1v) is 6.07. The molecular formula is C11H17N7O2. The van der Waals surface area contributed by atoms with Crippen LogP contribution in [0.5, 0.6) is 0 Å². The third-order valence-corrected chi connectivity index (χ3v) is 2.48. The Morgan fingerprint density at radius 3 is 2.75 bits per heavy atom. The van der Waals surface area contributed by atoms with Crippen LogP contribution in [0.3, 0.4) is 0 Å². The zero-order valence-corrected chi connectivity index (χ0v) is 11.3. The van der Waals surface area contributed by atoms with Crippen molar-refractivity contribution >= 4 is 11.9 Å². The highest BCUT2D eigenvalue weighted by Gasteiger charge is 2.12. The van der Waals surface area contributed by atoms with Crippen molar-refractivity contribution in [2.45, 2.75) is 6.04 Å². The average molecular weight is 279 g/mol. The lowest BCUT2D eigenvalue weighted by Crippen LogP contribution is -2.30. The summed E-state index contributed by atoms with van der Waals surface area (Å²) >= 11 is 0. The van der Waals surface area contributed by atoms with Gasteiger partial charge in [-0.3, -0.25) is 0 Å². The van der Waals surface area contributed by atoms with E-state index in [1.165, 1.54) is 4.68 Å². The van der Waals surface area contributed by atoms with Gasteiger partial charge in [0.2, 0.25) is 11.9 Å². The number of hydrogen-bond acceptors (Lipinski definition) is 8. The van der Waals surface area contributed by atoms with Crippen molar-refractivity contribution < 1.29 is 9.84 Å². The molecule has 1 atom stereocenters. The van der Waals surface area contributed by atoms with Crippen LogP contribution in [0.25, 0.3) is 5.95 Å². The molecule has 0 spiro atoms. The lowest BCUT2D eigenvalue weighted by molar-refractivity contribution is 0.153. The molecule has 0 fully saturated rings. The standard InChI is InChI=1S/C11H17N7O2/c1-12-9-15-10(14-8(6-19)7-20-2)17-11(16-9)18-5-3-4-13-18/h3-5,8,19H,6-7H2,1-2H3,(H2,12,14,15,16,17). The van der Waals surface area contributed by atoms with Crippen LogP contribution in [0.4, 0.5) is 11.9 Å². The summed E-state index contributed by atoms with van der Waals surface area (Å²) in [4.78, 5) is 12.6. The highest BCUT2D eigenvalue weighted by molar-refractivity contribution is 5.38. The van der Waals surface area contributed by atoms with Crippen LogP contribution < -0.4 is 10.6 Å². The molecule has 0 saturated carbocycles. The summed E-state index contributed by atoms with van der Waals surface area (Å²) in [5.41, 5.74) is 0. The third kappa shape index (κ3) is 3.39. The van der Waals surface area contributed by atoms with Crippen LogP contribution in [0.1, 0.15) is 0 Å². The fourth-order valence-corrected chi connectivity index (χ4v) is 1.55. The smallest absolute Gasteiger partial charge is 0.257 e. The molecule has 2 aromatic heterocycles. The summed E-state index contributed by atoms with van der Waals surface area (Å²) in [6.07, 6.45) is 3.37. The molecule has 0 bridgehead atoms. The molecule has 0 amide bonds. The molecule has 2 heterocycles. The van der Waals surface area contributed by atoms with Crippen LogP contribution in [-0.2, 0) is 4.74 Å². The van der Waals surface area contributed by atoms with Crippen LogP contribution in [0, 0.1) is 0 Å². The number of ether oxygens (including phenoxy) is 1. The van der Waals surface area contributed by atoms with Crippen LogP contribution in [0.15, 0.2) is 18.5 Å². The third-order valence-electron chi connectivity index (χ3n) is 2.48. The number of aliphatic hydroxyl groups is 1. The summed E-state index contributed by atoms with van der Waals surface area (Å²) < 4.78 is 6.53. The Hall–Kier alpha value is -2.26. The maximum atomic E-state index is 9.25. The molecule has 20 heavy (non-hydrogen) atoms. The SMILES string of the molecule is CNc1nc(NC(CO)COC)nc(-n2cccn2)n1. The Bertz CT molecular complexity index is 532. The van der Waals surface area contributed by atoms with Crippen molar-refractivity contribution in [1.82, 2.24) is 24.7 Å². The Balaban J connectivity index is 2.26. The summed E-state index contributed by atoms with van der Waals surface area (Å²) in [5, 5.41) is 19.2. The minimum atomic E-state index is -0.294. The van der Waals surface area contributed by atoms with Gasteiger partial charge in [0.25, 0.3) is 5.95 Å². The van der Waals surface area contributed by atoms with Gasteiger partial charge in [0.1, 0.15) is 0 Å². The topological polar surface area (TPSA) is 110 Å².